The van der Waals surface area contributed by atoms with E-state index in [0.29, 0.717) is 5.56 Å². The summed E-state index contributed by atoms with van der Waals surface area (Å²) in [6, 6.07) is 21.6. The number of alkyl carbamates (subject to hydrolysis) is 1. The molecule has 0 radical (unpaired) electrons. The highest BCUT2D eigenvalue weighted by molar-refractivity contribution is 5.91. The Kier molecular flexibility index (Phi) is 9.10. The number of hydrogen-bond acceptors (Lipinski definition) is 6. The molecule has 0 heterocycles. The zero-order chi connectivity index (χ0) is 25.9. The summed E-state index contributed by atoms with van der Waals surface area (Å²) in [7, 11) is 0. The van der Waals surface area contributed by atoms with Crippen LogP contribution in [0.1, 0.15) is 16.7 Å². The molecule has 0 saturated carbocycles. The van der Waals surface area contributed by atoms with Crippen LogP contribution in [0, 0.1) is 10.1 Å². The lowest BCUT2D eigenvalue weighted by molar-refractivity contribution is -0.384. The second kappa shape index (κ2) is 12.7. The summed E-state index contributed by atoms with van der Waals surface area (Å²) >= 11 is 0. The number of nitrogens with two attached hydrogens (primary N) is 1. The number of benzene rings is 3. The minimum absolute atomic E-state index is 0.0234. The van der Waals surface area contributed by atoms with Crippen LogP contribution in [0.2, 0.25) is 0 Å². The summed E-state index contributed by atoms with van der Waals surface area (Å²) in [6.07, 6.45) is -0.618. The van der Waals surface area contributed by atoms with E-state index in [0.717, 1.165) is 11.1 Å². The Morgan fingerprint density at radius 1 is 0.778 bits per heavy atom. The Labute approximate surface area is 207 Å². The van der Waals surface area contributed by atoms with Gasteiger partial charge < -0.3 is 21.1 Å². The molecule has 0 aliphatic rings. The molecule has 10 heteroatoms. The standard InChI is InChI=1S/C26H26N4O6/c27-24(31)22(15-19-11-13-21(14-12-19)30(34)35)28-25(32)23(16-18-7-3-1-4-8-18)29-26(33)36-17-20-9-5-2-6-10-20/h1-14,22-23H,15-17H2,(H2,27,31)(H,28,32)(H,29,33)/t22-,23-/m1/s1. The summed E-state index contributed by atoms with van der Waals surface area (Å²) < 4.78 is 5.25. The lowest BCUT2D eigenvalue weighted by Crippen LogP contribution is -2.54. The van der Waals surface area contributed by atoms with Crippen molar-refractivity contribution in [3.63, 3.8) is 0 Å². The van der Waals surface area contributed by atoms with Gasteiger partial charge in [0.2, 0.25) is 11.8 Å². The summed E-state index contributed by atoms with van der Waals surface area (Å²) in [4.78, 5) is 48.0. The molecule has 0 spiro atoms. The first-order valence-electron chi connectivity index (χ1n) is 11.2. The van der Waals surface area contributed by atoms with E-state index in [1.54, 1.807) is 36.4 Å². The van der Waals surface area contributed by atoms with Crippen molar-refractivity contribution in [2.45, 2.75) is 31.5 Å². The summed E-state index contributed by atoms with van der Waals surface area (Å²) in [6.45, 7) is 0.0242. The van der Waals surface area contributed by atoms with Crippen molar-refractivity contribution < 1.29 is 24.0 Å². The molecule has 0 saturated heterocycles. The number of nitrogens with zero attached hydrogens (tertiary/aromatic N) is 1. The van der Waals surface area contributed by atoms with E-state index >= 15 is 0 Å². The van der Waals surface area contributed by atoms with Crippen LogP contribution in [0.15, 0.2) is 84.9 Å². The highest BCUT2D eigenvalue weighted by Gasteiger charge is 2.27. The summed E-state index contributed by atoms with van der Waals surface area (Å²) in [5, 5.41) is 16.0. The van der Waals surface area contributed by atoms with Gasteiger partial charge in [0, 0.05) is 25.0 Å². The molecule has 3 aromatic rings. The molecule has 4 N–H and O–H groups in total. The van der Waals surface area contributed by atoms with Gasteiger partial charge in [0.25, 0.3) is 5.69 Å². The lowest BCUT2D eigenvalue weighted by atomic mass is 10.0. The van der Waals surface area contributed by atoms with Gasteiger partial charge in [0.1, 0.15) is 18.7 Å². The number of nitro groups is 1. The number of amides is 3. The number of nitro benzene ring substituents is 1. The Balaban J connectivity index is 1.69. The molecular weight excluding hydrogens is 464 g/mol. The van der Waals surface area contributed by atoms with Crippen molar-refractivity contribution in [3.05, 3.63) is 112 Å². The Hall–Kier alpha value is -4.73. The third-order valence-electron chi connectivity index (χ3n) is 5.35. The Morgan fingerprint density at radius 2 is 1.31 bits per heavy atom. The van der Waals surface area contributed by atoms with Gasteiger partial charge in [-0.1, -0.05) is 72.8 Å². The molecule has 0 bridgehead atoms. The minimum Gasteiger partial charge on any atom is -0.445 e. The van der Waals surface area contributed by atoms with Crippen molar-refractivity contribution in [2.24, 2.45) is 5.73 Å². The molecule has 2 atom stereocenters. The predicted molar refractivity (Wildman–Crippen MR) is 132 cm³/mol. The normalized spacial score (nSPS) is 12.1. The molecule has 0 unspecified atom stereocenters. The maximum Gasteiger partial charge on any atom is 0.408 e. The van der Waals surface area contributed by atoms with E-state index in [1.807, 2.05) is 24.3 Å². The average molecular weight is 491 g/mol. The van der Waals surface area contributed by atoms with Gasteiger partial charge in [-0.25, -0.2) is 4.79 Å². The Morgan fingerprint density at radius 3 is 1.86 bits per heavy atom. The Bertz CT molecular complexity index is 1190. The molecule has 3 rings (SSSR count). The fourth-order valence-corrected chi connectivity index (χ4v) is 3.45. The topological polar surface area (TPSA) is 154 Å². The maximum atomic E-state index is 13.1. The first-order chi connectivity index (χ1) is 17.3. The zero-order valence-corrected chi connectivity index (χ0v) is 19.3. The third kappa shape index (κ3) is 7.94. The number of rotatable bonds is 11. The van der Waals surface area contributed by atoms with Crippen LogP contribution in [-0.4, -0.2) is 34.9 Å². The molecule has 0 aromatic heterocycles. The summed E-state index contributed by atoms with van der Waals surface area (Å²) in [5.41, 5.74) is 7.54. The molecule has 3 aromatic carbocycles. The van der Waals surface area contributed by atoms with Crippen LogP contribution < -0.4 is 16.4 Å². The van der Waals surface area contributed by atoms with Gasteiger partial charge in [0.05, 0.1) is 4.92 Å². The van der Waals surface area contributed by atoms with Crippen LogP contribution >= 0.6 is 0 Å². The van der Waals surface area contributed by atoms with Gasteiger partial charge in [-0.05, 0) is 16.7 Å². The molecule has 10 nitrogen and oxygen atoms in total. The second-order valence-electron chi connectivity index (χ2n) is 8.04. The largest absolute Gasteiger partial charge is 0.445 e. The van der Waals surface area contributed by atoms with Gasteiger partial charge >= 0.3 is 6.09 Å². The van der Waals surface area contributed by atoms with E-state index in [9.17, 15) is 24.5 Å². The predicted octanol–water partition coefficient (Wildman–Crippen LogP) is 2.65. The van der Waals surface area contributed by atoms with Gasteiger partial charge in [-0.15, -0.1) is 0 Å². The lowest BCUT2D eigenvalue weighted by Gasteiger charge is -2.22. The van der Waals surface area contributed by atoms with E-state index in [-0.39, 0.29) is 25.1 Å². The van der Waals surface area contributed by atoms with Crippen LogP contribution in [0.4, 0.5) is 10.5 Å². The van der Waals surface area contributed by atoms with E-state index < -0.39 is 34.9 Å². The van der Waals surface area contributed by atoms with Crippen LogP contribution in [0.5, 0.6) is 0 Å². The molecule has 3 amide bonds. The quantitative estimate of drug-likeness (QED) is 0.277. The van der Waals surface area contributed by atoms with Crippen LogP contribution in [-0.2, 0) is 33.8 Å². The number of ether oxygens (including phenoxy) is 1. The zero-order valence-electron chi connectivity index (χ0n) is 19.3. The van der Waals surface area contributed by atoms with Gasteiger partial charge in [-0.3, -0.25) is 19.7 Å². The number of primary amides is 1. The first kappa shape index (κ1) is 25.9. The van der Waals surface area contributed by atoms with Gasteiger partial charge in [0.15, 0.2) is 0 Å². The highest BCUT2D eigenvalue weighted by Crippen LogP contribution is 2.14. The molecule has 36 heavy (non-hydrogen) atoms. The van der Waals surface area contributed by atoms with Crippen LogP contribution in [0.3, 0.4) is 0 Å². The summed E-state index contributed by atoms with van der Waals surface area (Å²) in [5.74, 6) is -1.41. The maximum absolute atomic E-state index is 13.1. The first-order valence-corrected chi connectivity index (χ1v) is 11.2. The number of hydrogen-bond donors (Lipinski definition) is 3. The fourth-order valence-electron chi connectivity index (χ4n) is 3.45. The fraction of sp³-hybridized carbons (Fsp3) is 0.192. The SMILES string of the molecule is NC(=O)[C@@H](Cc1ccc([N+](=O)[O-])cc1)NC(=O)[C@@H](Cc1ccccc1)NC(=O)OCc1ccccc1. The third-order valence-corrected chi connectivity index (χ3v) is 5.35. The molecular formula is C26H26N4O6. The number of carbonyl (C=O) groups excluding carboxylic acids is 3. The van der Waals surface area contributed by atoms with Crippen molar-refractivity contribution in [1.29, 1.82) is 0 Å². The number of nitrogens with one attached hydrogen (secondary N) is 2. The van der Waals surface area contributed by atoms with Gasteiger partial charge in [-0.2, -0.15) is 0 Å². The molecule has 186 valence electrons. The van der Waals surface area contributed by atoms with Crippen molar-refractivity contribution in [3.8, 4) is 0 Å². The number of carbonyl (C=O) groups is 3. The average Bonchev–Trinajstić information content (AvgIpc) is 2.88. The minimum atomic E-state index is -1.10. The van der Waals surface area contributed by atoms with Crippen molar-refractivity contribution in [2.75, 3.05) is 0 Å². The second-order valence-corrected chi connectivity index (χ2v) is 8.04. The van der Waals surface area contributed by atoms with E-state index in [2.05, 4.69) is 10.6 Å². The molecule has 0 aliphatic carbocycles. The van der Waals surface area contributed by atoms with Crippen LogP contribution in [0.25, 0.3) is 0 Å². The smallest absolute Gasteiger partial charge is 0.408 e. The van der Waals surface area contributed by atoms with E-state index in [4.69, 9.17) is 10.5 Å². The van der Waals surface area contributed by atoms with Crippen molar-refractivity contribution in [1.82, 2.24) is 10.6 Å². The molecule has 0 fully saturated rings. The highest BCUT2D eigenvalue weighted by atomic mass is 16.6. The van der Waals surface area contributed by atoms with E-state index in [1.165, 1.54) is 24.3 Å². The molecule has 0 aliphatic heterocycles. The number of non-ortho nitro benzene ring substituents is 1. The monoisotopic (exact) mass is 490 g/mol. The van der Waals surface area contributed by atoms with Crippen molar-refractivity contribution >= 4 is 23.6 Å².